The van der Waals surface area contributed by atoms with E-state index >= 15 is 0 Å². The van der Waals surface area contributed by atoms with Crippen LogP contribution in [0.5, 0.6) is 0 Å². The van der Waals surface area contributed by atoms with Crippen LogP contribution >= 0.6 is 0 Å². The van der Waals surface area contributed by atoms with Crippen molar-refractivity contribution in [3.63, 3.8) is 0 Å². The molecule has 0 amide bonds. The Kier molecular flexibility index (Phi) is 5.47. The molecule has 0 atom stereocenters. The zero-order valence-electron chi connectivity index (χ0n) is 8.52. The maximum absolute atomic E-state index is 10.7. The summed E-state index contributed by atoms with van der Waals surface area (Å²) >= 11 is -3.84. The van der Waals surface area contributed by atoms with E-state index in [0.29, 0.717) is 14.0 Å². The Morgan fingerprint density at radius 2 is 1.36 bits per heavy atom. The van der Waals surface area contributed by atoms with Crippen molar-refractivity contribution < 1.29 is 30.4 Å². The van der Waals surface area contributed by atoms with E-state index in [1.165, 1.54) is 0 Å². The SMILES string of the molecule is CC(C)=CC(C)=[CH][W]([CH]=O)([CH]=O)[CH]=O. The van der Waals surface area contributed by atoms with Gasteiger partial charge in [0.15, 0.2) is 0 Å². The van der Waals surface area contributed by atoms with Crippen LogP contribution in [-0.2, 0) is 30.4 Å². The number of carbonyl (C=O) groups excluding carboxylic acids is 3. The van der Waals surface area contributed by atoms with Crippen LogP contribution < -0.4 is 0 Å². The Balaban J connectivity index is 5.09. The van der Waals surface area contributed by atoms with Crippen molar-refractivity contribution in [2.75, 3.05) is 0 Å². The van der Waals surface area contributed by atoms with Crippen LogP contribution in [-0.4, -0.2) is 14.0 Å². The molecule has 0 bridgehead atoms. The third-order valence-corrected chi connectivity index (χ3v) is 7.80. The summed E-state index contributed by atoms with van der Waals surface area (Å²) < 4.78 is 3.22. The molecule has 0 aromatic heterocycles. The summed E-state index contributed by atoms with van der Waals surface area (Å²) in [6.45, 7) is 5.61. The minimum absolute atomic E-state index is 0.551. The van der Waals surface area contributed by atoms with Gasteiger partial charge in [0.05, 0.1) is 0 Å². The number of allylic oxidation sites excluding steroid dienone is 3. The van der Waals surface area contributed by atoms with Crippen LogP contribution in [0.2, 0.25) is 0 Å². The quantitative estimate of drug-likeness (QED) is 0.549. The van der Waals surface area contributed by atoms with Crippen LogP contribution in [0.4, 0.5) is 0 Å². The van der Waals surface area contributed by atoms with Gasteiger partial charge in [0.25, 0.3) is 0 Å². The van der Waals surface area contributed by atoms with E-state index < -0.39 is 16.1 Å². The van der Waals surface area contributed by atoms with Gasteiger partial charge in [-0.15, -0.1) is 0 Å². The third kappa shape index (κ3) is 3.92. The number of carbonyl (C=O) groups is 3. The molecule has 3 nitrogen and oxygen atoms in total. The average Bonchev–Trinajstić information content (AvgIpc) is 2.13. The molecule has 4 heteroatoms. The second kappa shape index (κ2) is 5.81. The fourth-order valence-corrected chi connectivity index (χ4v) is 4.61. The summed E-state index contributed by atoms with van der Waals surface area (Å²) in [5.41, 5.74) is 1.88. The first kappa shape index (κ1) is 13.2. The molecule has 0 aliphatic heterocycles. The van der Waals surface area contributed by atoms with E-state index in [1.54, 1.807) is 11.4 Å². The number of rotatable bonds is 5. The molecule has 0 saturated carbocycles. The zero-order chi connectivity index (χ0) is 11.2. The van der Waals surface area contributed by atoms with Crippen LogP contribution in [0, 0.1) is 0 Å². The summed E-state index contributed by atoms with van der Waals surface area (Å²) in [4.78, 5) is 32.0. The molecule has 78 valence electrons. The van der Waals surface area contributed by atoms with Crippen LogP contribution in [0.1, 0.15) is 20.8 Å². The van der Waals surface area contributed by atoms with Gasteiger partial charge in [0.1, 0.15) is 0 Å². The predicted octanol–water partition coefficient (Wildman–Crippen LogP) is 1.58. The van der Waals surface area contributed by atoms with Crippen molar-refractivity contribution >= 4 is 14.0 Å². The fraction of sp³-hybridized carbons (Fsp3) is 0.300. The van der Waals surface area contributed by atoms with Crippen molar-refractivity contribution in [3.8, 4) is 0 Å². The van der Waals surface area contributed by atoms with Gasteiger partial charge >= 0.3 is 86.9 Å². The fourth-order valence-electron chi connectivity index (χ4n) is 0.963. The molecule has 0 aromatic carbocycles. The van der Waals surface area contributed by atoms with E-state index in [0.717, 1.165) is 11.1 Å². The molecule has 0 aliphatic rings. The van der Waals surface area contributed by atoms with Gasteiger partial charge in [-0.25, -0.2) is 0 Å². The number of hydrogen-bond acceptors (Lipinski definition) is 3. The third-order valence-electron chi connectivity index (χ3n) is 1.41. The summed E-state index contributed by atoms with van der Waals surface area (Å²) in [5, 5.41) is 0. The van der Waals surface area contributed by atoms with Gasteiger partial charge in [-0.05, 0) is 0 Å². The molecular formula is C10H14O3W. The van der Waals surface area contributed by atoms with Crippen molar-refractivity contribution in [2.45, 2.75) is 20.8 Å². The summed E-state index contributed by atoms with van der Waals surface area (Å²) in [7, 11) is 0. The second-order valence-electron chi connectivity index (χ2n) is 3.19. The molecule has 14 heavy (non-hydrogen) atoms. The van der Waals surface area contributed by atoms with Gasteiger partial charge in [0.2, 0.25) is 0 Å². The van der Waals surface area contributed by atoms with Crippen molar-refractivity contribution in [1.29, 1.82) is 0 Å². The van der Waals surface area contributed by atoms with E-state index in [9.17, 15) is 14.4 Å². The summed E-state index contributed by atoms with van der Waals surface area (Å²) in [6.07, 6.45) is 1.85. The first-order valence-corrected chi connectivity index (χ1v) is 10.8. The van der Waals surface area contributed by atoms with Crippen molar-refractivity contribution in [2.24, 2.45) is 0 Å². The average molecular weight is 366 g/mol. The molecule has 0 rings (SSSR count). The monoisotopic (exact) mass is 366 g/mol. The molecule has 0 saturated heterocycles. The zero-order valence-corrected chi connectivity index (χ0v) is 11.5. The molecule has 0 N–H and O–H groups in total. The van der Waals surface area contributed by atoms with E-state index in [1.807, 2.05) is 19.9 Å². The van der Waals surface area contributed by atoms with E-state index in [-0.39, 0.29) is 0 Å². The number of hydrogen-bond donors (Lipinski definition) is 0. The molecule has 0 aliphatic carbocycles. The van der Waals surface area contributed by atoms with E-state index in [2.05, 4.69) is 0 Å². The molecule has 0 aromatic rings. The Hall–Kier alpha value is -0.822. The van der Waals surface area contributed by atoms with Crippen LogP contribution in [0.15, 0.2) is 21.7 Å². The standard InChI is InChI=1S/C7H11.3CHO.W/c1-6(2)5-7(3)4;3*1-2;/h1,5H,2-4H3;3*1H;. The first-order chi connectivity index (χ1) is 6.49. The van der Waals surface area contributed by atoms with Gasteiger partial charge in [-0.2, -0.15) is 0 Å². The van der Waals surface area contributed by atoms with Crippen molar-refractivity contribution in [3.05, 3.63) is 21.7 Å². The van der Waals surface area contributed by atoms with Crippen LogP contribution in [0.3, 0.4) is 0 Å². The molecule has 0 heterocycles. The minimum atomic E-state index is -3.84. The summed E-state index contributed by atoms with van der Waals surface area (Å²) in [5.74, 6) is 0. The molecule has 0 radical (unpaired) electrons. The topological polar surface area (TPSA) is 51.2 Å². The van der Waals surface area contributed by atoms with Crippen molar-refractivity contribution in [1.82, 2.24) is 0 Å². The van der Waals surface area contributed by atoms with Gasteiger partial charge < -0.3 is 0 Å². The molecular weight excluding hydrogens is 352 g/mol. The van der Waals surface area contributed by atoms with Gasteiger partial charge in [-0.1, -0.05) is 0 Å². The Morgan fingerprint density at radius 3 is 1.64 bits per heavy atom. The molecule has 0 fully saturated rings. The Labute approximate surface area is 87.1 Å². The van der Waals surface area contributed by atoms with Gasteiger partial charge in [-0.3, -0.25) is 0 Å². The van der Waals surface area contributed by atoms with Gasteiger partial charge in [0, 0.05) is 0 Å². The Bertz CT molecular complexity index is 277. The normalized spacial score (nSPS) is 12.9. The molecule has 0 unspecified atom stereocenters. The predicted molar refractivity (Wildman–Crippen MR) is 53.4 cm³/mol. The maximum atomic E-state index is 10.7. The molecule has 0 spiro atoms. The van der Waals surface area contributed by atoms with Crippen LogP contribution in [0.25, 0.3) is 0 Å². The second-order valence-corrected chi connectivity index (χ2v) is 12.0. The first-order valence-electron chi connectivity index (χ1n) is 4.02. The summed E-state index contributed by atoms with van der Waals surface area (Å²) in [6, 6.07) is 0. The Morgan fingerprint density at radius 1 is 0.929 bits per heavy atom. The van der Waals surface area contributed by atoms with E-state index in [4.69, 9.17) is 0 Å².